The Morgan fingerprint density at radius 1 is 1.32 bits per heavy atom. The molecule has 0 saturated carbocycles. The second kappa shape index (κ2) is 6.84. The monoisotopic (exact) mass is 337 g/mol. The lowest BCUT2D eigenvalue weighted by molar-refractivity contribution is 0.0684. The predicted octanol–water partition coefficient (Wildman–Crippen LogP) is 3.98. The van der Waals surface area contributed by atoms with Crippen LogP contribution in [0.2, 0.25) is 0 Å². The van der Waals surface area contributed by atoms with Gasteiger partial charge in [-0.2, -0.15) is 0 Å². The van der Waals surface area contributed by atoms with Crippen LogP contribution >= 0.6 is 0 Å². The van der Waals surface area contributed by atoms with E-state index in [0.717, 1.165) is 54.0 Å². The Bertz CT molecular complexity index is 882. The van der Waals surface area contributed by atoms with E-state index in [9.17, 15) is 0 Å². The highest BCUT2D eigenvalue weighted by molar-refractivity contribution is 5.89. The Hall–Kier alpha value is -2.40. The van der Waals surface area contributed by atoms with Crippen LogP contribution in [0.3, 0.4) is 0 Å². The molecular weight excluding hydrogens is 314 g/mol. The predicted molar refractivity (Wildman–Crippen MR) is 97.8 cm³/mol. The van der Waals surface area contributed by atoms with Gasteiger partial charge in [-0.15, -0.1) is 0 Å². The molecule has 1 unspecified atom stereocenters. The molecule has 5 nitrogen and oxygen atoms in total. The summed E-state index contributed by atoms with van der Waals surface area (Å²) in [4.78, 5) is 9.34. The van der Waals surface area contributed by atoms with Gasteiger partial charge in [0.1, 0.15) is 23.6 Å². The van der Waals surface area contributed by atoms with Crippen LogP contribution in [0.25, 0.3) is 22.3 Å². The first kappa shape index (κ1) is 16.1. The third-order valence-electron chi connectivity index (χ3n) is 4.72. The number of aryl methyl sites for hydroxylation is 2. The van der Waals surface area contributed by atoms with E-state index in [4.69, 9.17) is 14.5 Å². The van der Waals surface area contributed by atoms with Gasteiger partial charge in [0.15, 0.2) is 0 Å². The summed E-state index contributed by atoms with van der Waals surface area (Å²) in [7, 11) is 0. The zero-order valence-corrected chi connectivity index (χ0v) is 14.7. The molecule has 130 valence electrons. The van der Waals surface area contributed by atoms with Crippen molar-refractivity contribution in [3.63, 3.8) is 0 Å². The summed E-state index contributed by atoms with van der Waals surface area (Å²) in [5, 5.41) is 1.11. The molecule has 0 bridgehead atoms. The first-order chi connectivity index (χ1) is 12.2. The highest BCUT2D eigenvalue weighted by Crippen LogP contribution is 2.30. The summed E-state index contributed by atoms with van der Waals surface area (Å²) >= 11 is 0. The molecule has 0 amide bonds. The van der Waals surface area contributed by atoms with Gasteiger partial charge in [-0.3, -0.25) is 0 Å². The highest BCUT2D eigenvalue weighted by atomic mass is 16.5. The van der Waals surface area contributed by atoms with Crippen LogP contribution < -0.4 is 4.74 Å². The van der Waals surface area contributed by atoms with Crippen molar-refractivity contribution in [2.45, 2.75) is 39.3 Å². The second-order valence-corrected chi connectivity index (χ2v) is 6.51. The molecule has 0 radical (unpaired) electrons. The molecule has 0 spiro atoms. The highest BCUT2D eigenvalue weighted by Gasteiger charge is 2.17. The van der Waals surface area contributed by atoms with Crippen LogP contribution in [0, 0.1) is 6.92 Å². The number of hydrogen-bond acceptors (Lipinski definition) is 4. The van der Waals surface area contributed by atoms with Crippen molar-refractivity contribution in [1.29, 1.82) is 0 Å². The van der Waals surface area contributed by atoms with Crippen LogP contribution in [0.4, 0.5) is 0 Å². The molecule has 0 aliphatic carbocycles. The number of aromatic nitrogens is 3. The zero-order chi connectivity index (χ0) is 17.2. The van der Waals surface area contributed by atoms with Crippen molar-refractivity contribution >= 4 is 10.9 Å². The summed E-state index contributed by atoms with van der Waals surface area (Å²) < 4.78 is 13.8. The van der Waals surface area contributed by atoms with Crippen LogP contribution in [0.1, 0.15) is 25.3 Å². The van der Waals surface area contributed by atoms with E-state index in [1.165, 1.54) is 5.56 Å². The number of ether oxygens (including phenoxy) is 2. The Morgan fingerprint density at radius 3 is 3.00 bits per heavy atom. The third kappa shape index (κ3) is 3.24. The van der Waals surface area contributed by atoms with Gasteiger partial charge in [-0.25, -0.2) is 9.97 Å². The first-order valence-electron chi connectivity index (χ1n) is 8.91. The molecule has 4 rings (SSSR count). The number of rotatable bonds is 5. The fourth-order valence-electron chi connectivity index (χ4n) is 3.26. The van der Waals surface area contributed by atoms with Crippen molar-refractivity contribution in [3.8, 4) is 17.1 Å². The fraction of sp³-hybridized carbons (Fsp3) is 0.400. The average Bonchev–Trinajstić information content (AvgIpc) is 3.31. The van der Waals surface area contributed by atoms with E-state index in [1.54, 1.807) is 0 Å². The average molecular weight is 337 g/mol. The van der Waals surface area contributed by atoms with Gasteiger partial charge in [-0.1, -0.05) is 12.1 Å². The number of pyridine rings is 1. The molecule has 1 fully saturated rings. The summed E-state index contributed by atoms with van der Waals surface area (Å²) in [5.41, 5.74) is 3.83. The number of para-hydroxylation sites is 1. The molecule has 0 N–H and O–H groups in total. The third-order valence-corrected chi connectivity index (χ3v) is 4.72. The lowest BCUT2D eigenvalue weighted by Gasteiger charge is -2.14. The van der Waals surface area contributed by atoms with E-state index >= 15 is 0 Å². The summed E-state index contributed by atoms with van der Waals surface area (Å²) in [6.45, 7) is 6.52. The summed E-state index contributed by atoms with van der Waals surface area (Å²) in [6.07, 6.45) is 6.25. The van der Waals surface area contributed by atoms with Crippen LogP contribution in [0.5, 0.6) is 5.75 Å². The molecule has 25 heavy (non-hydrogen) atoms. The van der Waals surface area contributed by atoms with Crippen LogP contribution in [0.15, 0.2) is 36.8 Å². The second-order valence-electron chi connectivity index (χ2n) is 6.51. The number of fused-ring (bicyclic) bond motifs is 1. The Balaban J connectivity index is 1.70. The SMILES string of the molecule is CCn1cnc(-c2cc(C)c3cccc(OCC4CCCO4)c3n2)c1. The summed E-state index contributed by atoms with van der Waals surface area (Å²) in [6, 6.07) is 8.19. The Morgan fingerprint density at radius 2 is 2.24 bits per heavy atom. The van der Waals surface area contributed by atoms with Gasteiger partial charge in [0.2, 0.25) is 0 Å². The quantitative estimate of drug-likeness (QED) is 0.706. The number of nitrogens with zero attached hydrogens (tertiary/aromatic N) is 3. The van der Waals surface area contributed by atoms with E-state index in [2.05, 4.69) is 35.5 Å². The molecule has 5 heteroatoms. The largest absolute Gasteiger partial charge is 0.489 e. The lowest BCUT2D eigenvalue weighted by Crippen LogP contribution is -2.16. The molecule has 3 aromatic rings. The van der Waals surface area contributed by atoms with Gasteiger partial charge < -0.3 is 14.0 Å². The van der Waals surface area contributed by atoms with Crippen molar-refractivity contribution < 1.29 is 9.47 Å². The topological polar surface area (TPSA) is 49.2 Å². The molecule has 1 atom stereocenters. The summed E-state index contributed by atoms with van der Waals surface area (Å²) in [5.74, 6) is 0.813. The molecule has 1 aliphatic heterocycles. The number of hydrogen-bond donors (Lipinski definition) is 0. The minimum atomic E-state index is 0.194. The van der Waals surface area contributed by atoms with Crippen molar-refractivity contribution in [1.82, 2.24) is 14.5 Å². The fourth-order valence-corrected chi connectivity index (χ4v) is 3.26. The minimum Gasteiger partial charge on any atom is -0.489 e. The smallest absolute Gasteiger partial charge is 0.145 e. The van der Waals surface area contributed by atoms with Crippen LogP contribution in [-0.4, -0.2) is 33.9 Å². The zero-order valence-electron chi connectivity index (χ0n) is 14.7. The number of benzene rings is 1. The van der Waals surface area contributed by atoms with E-state index in [0.29, 0.717) is 6.61 Å². The molecule has 1 aliphatic rings. The molecule has 2 aromatic heterocycles. The maximum atomic E-state index is 6.06. The minimum absolute atomic E-state index is 0.194. The van der Waals surface area contributed by atoms with Gasteiger partial charge in [-0.05, 0) is 44.4 Å². The van der Waals surface area contributed by atoms with Gasteiger partial charge in [0, 0.05) is 24.7 Å². The maximum Gasteiger partial charge on any atom is 0.145 e. The van der Waals surface area contributed by atoms with Crippen molar-refractivity contribution in [2.24, 2.45) is 0 Å². The maximum absolute atomic E-state index is 6.06. The van der Waals surface area contributed by atoms with Crippen LogP contribution in [-0.2, 0) is 11.3 Å². The van der Waals surface area contributed by atoms with Crippen molar-refractivity contribution in [2.75, 3.05) is 13.2 Å². The molecule has 3 heterocycles. The van der Waals surface area contributed by atoms with E-state index in [1.807, 2.05) is 24.7 Å². The van der Waals surface area contributed by atoms with E-state index < -0.39 is 0 Å². The van der Waals surface area contributed by atoms with Gasteiger partial charge >= 0.3 is 0 Å². The van der Waals surface area contributed by atoms with Gasteiger partial charge in [0.25, 0.3) is 0 Å². The Kier molecular flexibility index (Phi) is 4.40. The molecular formula is C20H23N3O2. The Labute approximate surface area is 147 Å². The van der Waals surface area contributed by atoms with Gasteiger partial charge in [0.05, 0.1) is 18.1 Å². The van der Waals surface area contributed by atoms with Crippen molar-refractivity contribution in [3.05, 3.63) is 42.4 Å². The first-order valence-corrected chi connectivity index (χ1v) is 8.91. The normalized spacial score (nSPS) is 17.3. The molecule has 1 saturated heterocycles. The van der Waals surface area contributed by atoms with E-state index in [-0.39, 0.29) is 6.10 Å². The lowest BCUT2D eigenvalue weighted by atomic mass is 10.1. The molecule has 1 aromatic carbocycles. The standard InChI is InChI=1S/C20H23N3O2/c1-3-23-11-18(21-13-23)17-10-14(2)16-7-4-8-19(20(16)22-17)25-12-15-6-5-9-24-15/h4,7-8,10-11,13,15H,3,5-6,9,12H2,1-2H3. The number of imidazole rings is 1.